The van der Waals surface area contributed by atoms with E-state index in [-0.39, 0.29) is 17.7 Å². The average molecular weight is 404 g/mol. The summed E-state index contributed by atoms with van der Waals surface area (Å²) in [5, 5.41) is 13.6. The number of hydrogen-bond acceptors (Lipinski definition) is 2. The number of nitrogens with one attached hydrogen (secondary N) is 1. The van der Waals surface area contributed by atoms with E-state index in [4.69, 9.17) is 11.6 Å². The highest BCUT2D eigenvalue weighted by atomic mass is 35.5. The zero-order valence-electron chi connectivity index (χ0n) is 15.4. The summed E-state index contributed by atoms with van der Waals surface area (Å²) in [6.07, 6.45) is 0. The normalized spacial score (nSPS) is 23.8. The van der Waals surface area contributed by atoms with Gasteiger partial charge in [0.2, 0.25) is 5.91 Å². The molecule has 5 heteroatoms. The third-order valence-electron chi connectivity index (χ3n) is 6.14. The Balaban J connectivity index is 1.64. The van der Waals surface area contributed by atoms with Gasteiger partial charge in [-0.2, -0.15) is 0 Å². The minimum absolute atomic E-state index is 0.279. The lowest BCUT2D eigenvalue weighted by Gasteiger charge is -2.48. The van der Waals surface area contributed by atoms with Crippen LogP contribution in [0.5, 0.6) is 0 Å². The Bertz CT molecular complexity index is 1080. The number of anilines is 1. The highest BCUT2D eigenvalue weighted by Crippen LogP contribution is 2.58. The predicted molar refractivity (Wildman–Crippen MR) is 111 cm³/mol. The number of carbonyl (C=O) groups is 2. The Morgan fingerprint density at radius 1 is 0.724 bits per heavy atom. The Hall–Kier alpha value is -3.11. The third-order valence-corrected chi connectivity index (χ3v) is 6.39. The molecular formula is C24H18ClNO3. The lowest BCUT2D eigenvalue weighted by molar-refractivity contribution is -0.148. The average Bonchev–Trinajstić information content (AvgIpc) is 2.74. The van der Waals surface area contributed by atoms with Crippen LogP contribution in [-0.2, 0) is 9.59 Å². The van der Waals surface area contributed by atoms with Gasteiger partial charge in [0.15, 0.2) is 0 Å². The van der Waals surface area contributed by atoms with Crippen molar-refractivity contribution in [3.05, 3.63) is 100 Å². The molecule has 0 saturated heterocycles. The Morgan fingerprint density at radius 3 is 1.62 bits per heavy atom. The smallest absolute Gasteiger partial charge is 0.308 e. The molecule has 3 aliphatic rings. The van der Waals surface area contributed by atoms with E-state index in [1.54, 1.807) is 24.3 Å². The number of hydrogen-bond donors (Lipinski definition) is 2. The fourth-order valence-corrected chi connectivity index (χ4v) is 5.17. The van der Waals surface area contributed by atoms with Crippen molar-refractivity contribution in [3.8, 4) is 0 Å². The topological polar surface area (TPSA) is 66.4 Å². The fraction of sp³-hybridized carbons (Fsp3) is 0.167. The first-order valence-corrected chi connectivity index (χ1v) is 9.91. The number of carboxylic acids is 1. The number of benzene rings is 3. The summed E-state index contributed by atoms with van der Waals surface area (Å²) in [6.45, 7) is 0. The van der Waals surface area contributed by atoms with Crippen molar-refractivity contribution in [2.45, 2.75) is 11.8 Å². The molecule has 2 N–H and O–H groups in total. The molecule has 0 aromatic heterocycles. The molecule has 2 bridgehead atoms. The number of carboxylic acid groups (broad SMARTS) is 1. The summed E-state index contributed by atoms with van der Waals surface area (Å²) in [5.41, 5.74) is 4.72. The van der Waals surface area contributed by atoms with E-state index in [1.807, 2.05) is 48.5 Å². The van der Waals surface area contributed by atoms with Gasteiger partial charge in [-0.15, -0.1) is 0 Å². The predicted octanol–water partition coefficient (Wildman–Crippen LogP) is 4.89. The molecule has 144 valence electrons. The lowest BCUT2D eigenvalue weighted by Crippen LogP contribution is -2.48. The van der Waals surface area contributed by atoms with Crippen LogP contribution in [0.1, 0.15) is 34.1 Å². The molecule has 3 aromatic carbocycles. The van der Waals surface area contributed by atoms with Gasteiger partial charge in [0, 0.05) is 22.5 Å². The maximum Gasteiger partial charge on any atom is 0.308 e. The van der Waals surface area contributed by atoms with Crippen molar-refractivity contribution < 1.29 is 14.7 Å². The van der Waals surface area contributed by atoms with Gasteiger partial charge in [-0.3, -0.25) is 9.59 Å². The molecule has 0 spiro atoms. The van der Waals surface area contributed by atoms with E-state index < -0.39 is 17.8 Å². The number of rotatable bonds is 3. The van der Waals surface area contributed by atoms with Crippen LogP contribution in [0, 0.1) is 11.8 Å². The molecule has 0 heterocycles. The first-order valence-electron chi connectivity index (χ1n) is 9.53. The summed E-state index contributed by atoms with van der Waals surface area (Å²) in [6, 6.07) is 22.6. The molecule has 3 aromatic rings. The summed E-state index contributed by atoms with van der Waals surface area (Å²) in [5.74, 6) is -3.37. The largest absolute Gasteiger partial charge is 0.481 e. The van der Waals surface area contributed by atoms with E-state index >= 15 is 0 Å². The SMILES string of the molecule is O=C(O)C1C2c3ccccc3C(c3ccccc32)C1C(=O)Nc1ccc(Cl)cc1. The summed E-state index contributed by atoms with van der Waals surface area (Å²) >= 11 is 5.94. The van der Waals surface area contributed by atoms with E-state index in [1.165, 1.54) is 0 Å². The molecule has 29 heavy (non-hydrogen) atoms. The van der Waals surface area contributed by atoms with Crippen LogP contribution < -0.4 is 5.32 Å². The van der Waals surface area contributed by atoms with Crippen LogP contribution in [0.4, 0.5) is 5.69 Å². The standard InChI is InChI=1S/C24H18ClNO3/c25-13-9-11-14(12-10-13)26-23(27)21-19-15-5-1-3-7-17(15)20(22(21)24(28)29)18-8-4-2-6-16(18)19/h1-12,19-22H,(H,26,27)(H,28,29). The monoisotopic (exact) mass is 403 g/mol. The van der Waals surface area contributed by atoms with Crippen molar-refractivity contribution >= 4 is 29.2 Å². The zero-order valence-corrected chi connectivity index (χ0v) is 16.1. The van der Waals surface area contributed by atoms with Crippen molar-refractivity contribution in [2.24, 2.45) is 11.8 Å². The van der Waals surface area contributed by atoms with Crippen molar-refractivity contribution in [1.82, 2.24) is 0 Å². The number of aliphatic carboxylic acids is 1. The second kappa shape index (κ2) is 6.75. The molecule has 0 saturated carbocycles. The first kappa shape index (κ1) is 18.0. The van der Waals surface area contributed by atoms with Crippen LogP contribution in [0.2, 0.25) is 5.02 Å². The summed E-state index contributed by atoms with van der Waals surface area (Å²) < 4.78 is 0. The van der Waals surface area contributed by atoms with Gasteiger partial charge < -0.3 is 10.4 Å². The highest BCUT2D eigenvalue weighted by Gasteiger charge is 2.55. The van der Waals surface area contributed by atoms with Crippen molar-refractivity contribution in [1.29, 1.82) is 0 Å². The van der Waals surface area contributed by atoms with Gasteiger partial charge in [-0.05, 0) is 46.5 Å². The van der Waals surface area contributed by atoms with Gasteiger partial charge in [0.1, 0.15) is 0 Å². The molecule has 2 unspecified atom stereocenters. The molecule has 3 aliphatic carbocycles. The molecule has 2 atom stereocenters. The van der Waals surface area contributed by atoms with Crippen LogP contribution in [0.25, 0.3) is 0 Å². The van der Waals surface area contributed by atoms with Gasteiger partial charge in [0.05, 0.1) is 11.8 Å². The van der Waals surface area contributed by atoms with Crippen LogP contribution in [0.3, 0.4) is 0 Å². The fourth-order valence-electron chi connectivity index (χ4n) is 5.05. The molecule has 1 amide bonds. The molecule has 0 aliphatic heterocycles. The second-order valence-corrected chi connectivity index (χ2v) is 8.04. The molecule has 6 rings (SSSR count). The van der Waals surface area contributed by atoms with E-state index in [2.05, 4.69) is 5.32 Å². The second-order valence-electron chi connectivity index (χ2n) is 7.60. The Kier molecular flexibility index (Phi) is 4.18. The first-order chi connectivity index (χ1) is 14.1. The Labute approximate surface area is 173 Å². The number of fused-ring (bicyclic) bond motifs is 1. The van der Waals surface area contributed by atoms with Gasteiger partial charge >= 0.3 is 5.97 Å². The van der Waals surface area contributed by atoms with Gasteiger partial charge in [-0.1, -0.05) is 60.1 Å². The van der Waals surface area contributed by atoms with E-state index in [0.717, 1.165) is 22.3 Å². The highest BCUT2D eigenvalue weighted by molar-refractivity contribution is 6.30. The summed E-state index contributed by atoms with van der Waals surface area (Å²) in [7, 11) is 0. The third kappa shape index (κ3) is 2.75. The molecule has 0 fully saturated rings. The van der Waals surface area contributed by atoms with Gasteiger partial charge in [-0.25, -0.2) is 0 Å². The quantitative estimate of drug-likeness (QED) is 0.654. The minimum atomic E-state index is -0.944. The number of amides is 1. The van der Waals surface area contributed by atoms with Crippen LogP contribution in [0.15, 0.2) is 72.8 Å². The Morgan fingerprint density at radius 2 is 1.17 bits per heavy atom. The van der Waals surface area contributed by atoms with E-state index in [0.29, 0.717) is 10.7 Å². The van der Waals surface area contributed by atoms with E-state index in [9.17, 15) is 14.7 Å². The van der Waals surface area contributed by atoms with Gasteiger partial charge in [0.25, 0.3) is 0 Å². The maximum absolute atomic E-state index is 13.4. The zero-order chi connectivity index (χ0) is 20.1. The minimum Gasteiger partial charge on any atom is -0.481 e. The summed E-state index contributed by atoms with van der Waals surface area (Å²) in [4.78, 5) is 25.7. The molecular weight excluding hydrogens is 386 g/mol. The number of halogens is 1. The molecule has 4 nitrogen and oxygen atoms in total. The van der Waals surface area contributed by atoms with Crippen LogP contribution in [-0.4, -0.2) is 17.0 Å². The van der Waals surface area contributed by atoms with Crippen molar-refractivity contribution in [2.75, 3.05) is 5.32 Å². The molecule has 0 radical (unpaired) electrons. The van der Waals surface area contributed by atoms with Crippen LogP contribution >= 0.6 is 11.6 Å². The maximum atomic E-state index is 13.4. The van der Waals surface area contributed by atoms with Crippen molar-refractivity contribution in [3.63, 3.8) is 0 Å². The lowest BCUT2D eigenvalue weighted by atomic mass is 9.54. The number of carbonyl (C=O) groups excluding carboxylic acids is 1.